The van der Waals surface area contributed by atoms with Crippen molar-refractivity contribution in [3.63, 3.8) is 0 Å². The number of nitrogens with zero attached hydrogens (tertiary/aromatic N) is 1. The van der Waals surface area contributed by atoms with E-state index in [-0.39, 0.29) is 12.0 Å². The summed E-state index contributed by atoms with van der Waals surface area (Å²) in [5.41, 5.74) is 6.06. The van der Waals surface area contributed by atoms with Gasteiger partial charge < -0.3 is 10.5 Å². The summed E-state index contributed by atoms with van der Waals surface area (Å²) >= 11 is 1.44. The highest BCUT2D eigenvalue weighted by molar-refractivity contribution is 7.11. The number of esters is 1. The number of aryl methyl sites for hydroxylation is 1. The van der Waals surface area contributed by atoms with E-state index in [9.17, 15) is 4.79 Å². The standard InChI is InChI=1S/C9H14N2O2S/c1-4-13-9(12)7-6(3)14-8(11-7)5(2)10/h5H,4,10H2,1-3H3. The molecule has 0 saturated carbocycles. The Balaban J connectivity index is 2.92. The Morgan fingerprint density at radius 2 is 2.36 bits per heavy atom. The van der Waals surface area contributed by atoms with E-state index in [1.54, 1.807) is 6.92 Å². The lowest BCUT2D eigenvalue weighted by Gasteiger charge is -1.98. The van der Waals surface area contributed by atoms with Gasteiger partial charge in [-0.25, -0.2) is 9.78 Å². The maximum atomic E-state index is 11.4. The van der Waals surface area contributed by atoms with Crippen LogP contribution in [-0.2, 0) is 4.74 Å². The molecule has 0 saturated heterocycles. The van der Waals surface area contributed by atoms with Gasteiger partial charge in [0.25, 0.3) is 0 Å². The van der Waals surface area contributed by atoms with Gasteiger partial charge in [0.05, 0.1) is 12.6 Å². The largest absolute Gasteiger partial charge is 0.461 e. The Kier molecular flexibility index (Phi) is 3.60. The van der Waals surface area contributed by atoms with Gasteiger partial charge in [0.15, 0.2) is 5.69 Å². The van der Waals surface area contributed by atoms with E-state index in [1.807, 2.05) is 13.8 Å². The third-order valence-corrected chi connectivity index (χ3v) is 2.84. The van der Waals surface area contributed by atoms with Crippen LogP contribution in [0.5, 0.6) is 0 Å². The molecule has 0 aliphatic rings. The highest BCUT2D eigenvalue weighted by Crippen LogP contribution is 2.22. The van der Waals surface area contributed by atoms with Crippen molar-refractivity contribution in [2.45, 2.75) is 26.8 Å². The fraction of sp³-hybridized carbons (Fsp3) is 0.556. The van der Waals surface area contributed by atoms with Crippen molar-refractivity contribution in [2.75, 3.05) is 6.61 Å². The number of nitrogens with two attached hydrogens (primary N) is 1. The molecule has 0 aliphatic heterocycles. The first-order valence-electron chi connectivity index (χ1n) is 4.46. The zero-order valence-corrected chi connectivity index (χ0v) is 9.35. The third-order valence-electron chi connectivity index (χ3n) is 1.67. The number of ether oxygens (including phenoxy) is 1. The summed E-state index contributed by atoms with van der Waals surface area (Å²) in [7, 11) is 0. The molecule has 0 bridgehead atoms. The van der Waals surface area contributed by atoms with Crippen LogP contribution in [0.15, 0.2) is 0 Å². The molecular formula is C9H14N2O2S. The van der Waals surface area contributed by atoms with Gasteiger partial charge in [0.1, 0.15) is 5.01 Å². The molecule has 0 aromatic carbocycles. The Morgan fingerprint density at radius 3 is 2.79 bits per heavy atom. The fourth-order valence-corrected chi connectivity index (χ4v) is 1.86. The first kappa shape index (κ1) is 11.1. The molecule has 2 N–H and O–H groups in total. The molecule has 1 atom stereocenters. The van der Waals surface area contributed by atoms with Crippen LogP contribution >= 0.6 is 11.3 Å². The monoisotopic (exact) mass is 214 g/mol. The number of thiazole rings is 1. The summed E-state index contributed by atoms with van der Waals surface area (Å²) < 4.78 is 4.87. The number of carbonyl (C=O) groups excluding carboxylic acids is 1. The van der Waals surface area contributed by atoms with E-state index in [4.69, 9.17) is 10.5 Å². The molecule has 1 heterocycles. The van der Waals surface area contributed by atoms with E-state index in [0.717, 1.165) is 9.88 Å². The van der Waals surface area contributed by atoms with E-state index < -0.39 is 0 Å². The number of carbonyl (C=O) groups is 1. The molecule has 4 nitrogen and oxygen atoms in total. The zero-order valence-electron chi connectivity index (χ0n) is 8.53. The maximum absolute atomic E-state index is 11.4. The van der Waals surface area contributed by atoms with Crippen LogP contribution in [0.2, 0.25) is 0 Å². The molecule has 0 amide bonds. The van der Waals surface area contributed by atoms with E-state index >= 15 is 0 Å². The fourth-order valence-electron chi connectivity index (χ4n) is 1.00. The summed E-state index contributed by atoms with van der Waals surface area (Å²) in [5, 5.41) is 0.769. The SMILES string of the molecule is CCOC(=O)c1nc(C(C)N)sc1C. The van der Waals surface area contributed by atoms with Gasteiger partial charge in [-0.1, -0.05) is 0 Å². The summed E-state index contributed by atoms with van der Waals surface area (Å²) in [6.07, 6.45) is 0. The molecule has 1 aromatic rings. The van der Waals surface area contributed by atoms with Crippen LogP contribution in [0.25, 0.3) is 0 Å². The van der Waals surface area contributed by atoms with Crippen molar-refractivity contribution in [1.29, 1.82) is 0 Å². The number of hydrogen-bond donors (Lipinski definition) is 1. The van der Waals surface area contributed by atoms with Crippen LogP contribution in [0.3, 0.4) is 0 Å². The Morgan fingerprint density at radius 1 is 1.71 bits per heavy atom. The predicted octanol–water partition coefficient (Wildman–Crippen LogP) is 1.65. The van der Waals surface area contributed by atoms with Crippen molar-refractivity contribution in [3.05, 3.63) is 15.6 Å². The lowest BCUT2D eigenvalue weighted by atomic mass is 10.3. The van der Waals surface area contributed by atoms with E-state index in [1.165, 1.54) is 11.3 Å². The second-order valence-corrected chi connectivity index (χ2v) is 4.20. The average Bonchev–Trinajstić information content (AvgIpc) is 2.48. The van der Waals surface area contributed by atoms with Crippen molar-refractivity contribution >= 4 is 17.3 Å². The molecule has 78 valence electrons. The molecule has 1 rings (SSSR count). The Hall–Kier alpha value is -0.940. The van der Waals surface area contributed by atoms with E-state index in [2.05, 4.69) is 4.98 Å². The minimum atomic E-state index is -0.367. The molecular weight excluding hydrogens is 200 g/mol. The summed E-state index contributed by atoms with van der Waals surface area (Å²) in [6.45, 7) is 5.82. The Labute approximate surface area is 87.1 Å². The highest BCUT2D eigenvalue weighted by atomic mass is 32.1. The van der Waals surface area contributed by atoms with Crippen LogP contribution in [0, 0.1) is 6.92 Å². The van der Waals surface area contributed by atoms with Crippen molar-refractivity contribution in [2.24, 2.45) is 5.73 Å². The Bertz CT molecular complexity index is 334. The second-order valence-electron chi connectivity index (χ2n) is 2.97. The summed E-state index contributed by atoms with van der Waals surface area (Å²) in [4.78, 5) is 16.4. The van der Waals surface area contributed by atoms with Gasteiger partial charge in [-0.05, 0) is 20.8 Å². The first-order valence-corrected chi connectivity index (χ1v) is 5.28. The predicted molar refractivity (Wildman–Crippen MR) is 55.4 cm³/mol. The zero-order chi connectivity index (χ0) is 10.7. The second kappa shape index (κ2) is 4.52. The average molecular weight is 214 g/mol. The molecule has 0 spiro atoms. The normalized spacial score (nSPS) is 12.6. The minimum Gasteiger partial charge on any atom is -0.461 e. The van der Waals surface area contributed by atoms with Crippen LogP contribution in [-0.4, -0.2) is 17.6 Å². The van der Waals surface area contributed by atoms with Crippen molar-refractivity contribution in [3.8, 4) is 0 Å². The minimum absolute atomic E-state index is 0.137. The molecule has 5 heteroatoms. The number of aromatic nitrogens is 1. The van der Waals surface area contributed by atoms with Crippen LogP contribution < -0.4 is 5.73 Å². The molecule has 0 aliphatic carbocycles. The van der Waals surface area contributed by atoms with Gasteiger partial charge in [-0.3, -0.25) is 0 Å². The van der Waals surface area contributed by atoms with Crippen molar-refractivity contribution in [1.82, 2.24) is 4.98 Å². The lowest BCUT2D eigenvalue weighted by Crippen LogP contribution is -2.08. The molecule has 0 radical (unpaired) electrons. The molecule has 1 aromatic heterocycles. The highest BCUT2D eigenvalue weighted by Gasteiger charge is 2.17. The van der Waals surface area contributed by atoms with Gasteiger partial charge in [-0.2, -0.15) is 0 Å². The van der Waals surface area contributed by atoms with Crippen LogP contribution in [0.1, 0.15) is 40.3 Å². The van der Waals surface area contributed by atoms with Gasteiger partial charge in [0.2, 0.25) is 0 Å². The van der Waals surface area contributed by atoms with Gasteiger partial charge >= 0.3 is 5.97 Å². The van der Waals surface area contributed by atoms with E-state index in [0.29, 0.717) is 12.3 Å². The molecule has 0 fully saturated rings. The quantitative estimate of drug-likeness (QED) is 0.777. The third kappa shape index (κ3) is 2.30. The first-order chi connectivity index (χ1) is 6.56. The molecule has 14 heavy (non-hydrogen) atoms. The maximum Gasteiger partial charge on any atom is 0.358 e. The number of hydrogen-bond acceptors (Lipinski definition) is 5. The van der Waals surface area contributed by atoms with Crippen molar-refractivity contribution < 1.29 is 9.53 Å². The van der Waals surface area contributed by atoms with Gasteiger partial charge in [0, 0.05) is 4.88 Å². The van der Waals surface area contributed by atoms with Crippen LogP contribution in [0.4, 0.5) is 0 Å². The summed E-state index contributed by atoms with van der Waals surface area (Å²) in [5.74, 6) is -0.367. The number of rotatable bonds is 3. The van der Waals surface area contributed by atoms with Gasteiger partial charge in [-0.15, -0.1) is 11.3 Å². The molecule has 1 unspecified atom stereocenters. The lowest BCUT2D eigenvalue weighted by molar-refractivity contribution is 0.0519. The summed E-state index contributed by atoms with van der Waals surface area (Å²) in [6, 6.07) is -0.137. The smallest absolute Gasteiger partial charge is 0.358 e. The topological polar surface area (TPSA) is 65.2 Å².